The molecule has 0 bridgehead atoms. The van der Waals surface area contributed by atoms with Gasteiger partial charge in [-0.3, -0.25) is 0 Å². The first-order valence-corrected chi connectivity index (χ1v) is 7.09. The minimum atomic E-state index is -0.330. The van der Waals surface area contributed by atoms with Gasteiger partial charge in [-0.05, 0) is 24.6 Å². The number of rotatable bonds is 5. The van der Waals surface area contributed by atoms with Crippen LogP contribution >= 0.6 is 11.6 Å². The predicted octanol–water partition coefficient (Wildman–Crippen LogP) is 4.32. The number of nitrogens with one attached hydrogen (secondary N) is 1. The molecule has 0 aliphatic heterocycles. The number of nitrogens with zero attached hydrogens (tertiary/aromatic N) is 2. The van der Waals surface area contributed by atoms with Gasteiger partial charge in [-0.25, -0.2) is 14.4 Å². The van der Waals surface area contributed by atoms with Crippen LogP contribution in [0.5, 0.6) is 0 Å². The largest absolute Gasteiger partial charge is 0.370 e. The van der Waals surface area contributed by atoms with Crippen molar-refractivity contribution in [2.45, 2.75) is 26.7 Å². The van der Waals surface area contributed by atoms with Crippen molar-refractivity contribution in [2.24, 2.45) is 0 Å². The number of hydrogen-bond acceptors (Lipinski definition) is 3. The van der Waals surface area contributed by atoms with Crippen LogP contribution in [-0.4, -0.2) is 16.5 Å². The molecule has 0 unspecified atom stereocenters. The summed E-state index contributed by atoms with van der Waals surface area (Å²) < 4.78 is 13.4. The second kappa shape index (κ2) is 6.66. The summed E-state index contributed by atoms with van der Waals surface area (Å²) in [5.74, 6) is 1.12. The van der Waals surface area contributed by atoms with E-state index >= 15 is 0 Å². The number of aromatic nitrogens is 2. The average Bonchev–Trinajstić information content (AvgIpc) is 2.47. The fourth-order valence-corrected chi connectivity index (χ4v) is 2.04. The second-order valence-corrected chi connectivity index (χ2v) is 4.87. The molecule has 0 spiro atoms. The van der Waals surface area contributed by atoms with Crippen LogP contribution in [0.25, 0.3) is 11.3 Å². The van der Waals surface area contributed by atoms with Crippen LogP contribution in [-0.2, 0) is 6.42 Å². The summed E-state index contributed by atoms with van der Waals surface area (Å²) in [6.07, 6.45) is 1.71. The Bertz CT molecular complexity index is 602. The molecular formula is C15H17ClFN3. The molecule has 2 rings (SSSR count). The van der Waals surface area contributed by atoms with Gasteiger partial charge in [-0.2, -0.15) is 0 Å². The number of aryl methyl sites for hydroxylation is 1. The molecule has 3 nitrogen and oxygen atoms in total. The maximum Gasteiger partial charge on any atom is 0.131 e. The molecule has 0 aliphatic carbocycles. The molecule has 0 fully saturated rings. The van der Waals surface area contributed by atoms with E-state index in [0.717, 1.165) is 18.8 Å². The summed E-state index contributed by atoms with van der Waals surface area (Å²) in [5, 5.41) is 3.71. The van der Waals surface area contributed by atoms with Gasteiger partial charge in [-0.1, -0.05) is 25.4 Å². The van der Waals surface area contributed by atoms with Crippen molar-refractivity contribution in [1.82, 2.24) is 9.97 Å². The zero-order valence-corrected chi connectivity index (χ0v) is 12.3. The molecule has 2 aromatic rings. The summed E-state index contributed by atoms with van der Waals surface area (Å²) >= 11 is 6.14. The lowest BCUT2D eigenvalue weighted by atomic mass is 10.1. The van der Waals surface area contributed by atoms with E-state index in [-0.39, 0.29) is 5.82 Å². The molecule has 20 heavy (non-hydrogen) atoms. The lowest BCUT2D eigenvalue weighted by Gasteiger charge is -2.10. The average molecular weight is 294 g/mol. The Labute approximate surface area is 123 Å². The van der Waals surface area contributed by atoms with Gasteiger partial charge in [0.05, 0.1) is 10.7 Å². The van der Waals surface area contributed by atoms with Gasteiger partial charge in [0.25, 0.3) is 0 Å². The third-order valence-corrected chi connectivity index (χ3v) is 3.18. The lowest BCUT2D eigenvalue weighted by Crippen LogP contribution is -2.05. The molecule has 0 aliphatic rings. The van der Waals surface area contributed by atoms with Crippen molar-refractivity contribution in [2.75, 3.05) is 11.9 Å². The minimum Gasteiger partial charge on any atom is -0.370 e. The van der Waals surface area contributed by atoms with E-state index in [4.69, 9.17) is 11.6 Å². The molecule has 0 saturated heterocycles. The second-order valence-electron chi connectivity index (χ2n) is 4.46. The van der Waals surface area contributed by atoms with Crippen LogP contribution in [0.15, 0.2) is 24.3 Å². The number of halogens is 2. The first kappa shape index (κ1) is 14.7. The Hall–Kier alpha value is -1.68. The number of hydrogen-bond donors (Lipinski definition) is 1. The van der Waals surface area contributed by atoms with Gasteiger partial charge in [0.2, 0.25) is 0 Å². The van der Waals surface area contributed by atoms with E-state index in [1.54, 1.807) is 12.1 Å². The van der Waals surface area contributed by atoms with E-state index < -0.39 is 0 Å². The molecule has 0 radical (unpaired) electrons. The zero-order valence-electron chi connectivity index (χ0n) is 11.6. The Morgan fingerprint density at radius 1 is 1.20 bits per heavy atom. The van der Waals surface area contributed by atoms with Crippen LogP contribution < -0.4 is 5.32 Å². The molecule has 1 N–H and O–H groups in total. The van der Waals surface area contributed by atoms with E-state index in [1.807, 2.05) is 6.92 Å². The van der Waals surface area contributed by atoms with Gasteiger partial charge in [0, 0.05) is 24.6 Å². The Kier molecular flexibility index (Phi) is 4.90. The first-order chi connectivity index (χ1) is 9.63. The minimum absolute atomic E-state index is 0.330. The highest BCUT2D eigenvalue weighted by atomic mass is 35.5. The summed E-state index contributed by atoms with van der Waals surface area (Å²) in [5.41, 5.74) is 1.23. The first-order valence-electron chi connectivity index (χ1n) is 6.71. The highest BCUT2D eigenvalue weighted by Gasteiger charge is 2.10. The van der Waals surface area contributed by atoms with E-state index in [1.165, 1.54) is 12.1 Å². The maximum absolute atomic E-state index is 13.4. The molecular weight excluding hydrogens is 277 g/mol. The van der Waals surface area contributed by atoms with E-state index in [0.29, 0.717) is 28.5 Å². The van der Waals surface area contributed by atoms with Crippen molar-refractivity contribution in [3.63, 3.8) is 0 Å². The maximum atomic E-state index is 13.4. The highest BCUT2D eigenvalue weighted by molar-refractivity contribution is 6.33. The Morgan fingerprint density at radius 2 is 2.00 bits per heavy atom. The summed E-state index contributed by atoms with van der Waals surface area (Å²) in [6, 6.07) is 6.08. The lowest BCUT2D eigenvalue weighted by molar-refractivity contribution is 0.628. The molecule has 1 aromatic heterocycles. The van der Waals surface area contributed by atoms with Crippen molar-refractivity contribution < 1.29 is 4.39 Å². The third kappa shape index (κ3) is 3.45. The normalized spacial score (nSPS) is 10.6. The molecule has 0 amide bonds. The van der Waals surface area contributed by atoms with E-state index in [9.17, 15) is 4.39 Å². The van der Waals surface area contributed by atoms with Crippen LogP contribution in [0.2, 0.25) is 5.02 Å². The van der Waals surface area contributed by atoms with Gasteiger partial charge < -0.3 is 5.32 Å². The van der Waals surface area contributed by atoms with Crippen molar-refractivity contribution in [3.05, 3.63) is 40.9 Å². The summed E-state index contributed by atoms with van der Waals surface area (Å²) in [6.45, 7) is 4.89. The third-order valence-electron chi connectivity index (χ3n) is 2.85. The molecule has 1 heterocycles. The summed E-state index contributed by atoms with van der Waals surface area (Å²) in [7, 11) is 0. The Balaban J connectivity index is 2.46. The molecule has 1 aromatic carbocycles. The van der Waals surface area contributed by atoms with Gasteiger partial charge in [-0.15, -0.1) is 0 Å². The standard InChI is InChI=1S/C15H17ClFN3/c1-3-7-18-15-9-13(19-14(4-2)20-15)11-8-10(17)5-6-12(11)16/h5-6,8-9H,3-4,7H2,1-2H3,(H,18,19,20). The topological polar surface area (TPSA) is 37.8 Å². The van der Waals surface area contributed by atoms with Crippen LogP contribution in [0.3, 0.4) is 0 Å². The number of benzene rings is 1. The molecule has 106 valence electrons. The molecule has 0 saturated carbocycles. The number of anilines is 1. The summed E-state index contributed by atoms with van der Waals surface area (Å²) in [4.78, 5) is 8.84. The van der Waals surface area contributed by atoms with E-state index in [2.05, 4.69) is 22.2 Å². The predicted molar refractivity (Wildman–Crippen MR) is 80.6 cm³/mol. The Morgan fingerprint density at radius 3 is 2.70 bits per heavy atom. The zero-order chi connectivity index (χ0) is 14.5. The fourth-order valence-electron chi connectivity index (χ4n) is 1.83. The van der Waals surface area contributed by atoms with Gasteiger partial charge in [0.1, 0.15) is 17.5 Å². The van der Waals surface area contributed by atoms with Crippen LogP contribution in [0.4, 0.5) is 10.2 Å². The highest BCUT2D eigenvalue weighted by Crippen LogP contribution is 2.28. The van der Waals surface area contributed by atoms with Crippen molar-refractivity contribution in [3.8, 4) is 11.3 Å². The van der Waals surface area contributed by atoms with Gasteiger partial charge in [0.15, 0.2) is 0 Å². The fraction of sp³-hybridized carbons (Fsp3) is 0.333. The smallest absolute Gasteiger partial charge is 0.131 e. The van der Waals surface area contributed by atoms with Gasteiger partial charge >= 0.3 is 0 Å². The monoisotopic (exact) mass is 293 g/mol. The SMILES string of the molecule is CCCNc1cc(-c2cc(F)ccc2Cl)nc(CC)n1. The van der Waals surface area contributed by atoms with Crippen LogP contribution in [0, 0.1) is 5.82 Å². The quantitative estimate of drug-likeness (QED) is 0.892. The molecule has 0 atom stereocenters. The van der Waals surface area contributed by atoms with Crippen molar-refractivity contribution in [1.29, 1.82) is 0 Å². The molecule has 5 heteroatoms. The van der Waals surface area contributed by atoms with Crippen molar-refractivity contribution >= 4 is 17.4 Å². The van der Waals surface area contributed by atoms with Crippen LogP contribution in [0.1, 0.15) is 26.1 Å².